The van der Waals surface area contributed by atoms with Crippen molar-refractivity contribution in [3.8, 4) is 5.75 Å². The molecule has 2 atom stereocenters. The maximum Gasteiger partial charge on any atom is 0.403 e. The maximum atomic E-state index is 5.96. The second-order valence-corrected chi connectivity index (χ2v) is 7.16. The minimum Gasteiger partial charge on any atom is -0.520 e. The van der Waals surface area contributed by atoms with Gasteiger partial charge in [0.15, 0.2) is 0 Å². The van der Waals surface area contributed by atoms with Gasteiger partial charge in [0.25, 0.3) is 0 Å². The van der Waals surface area contributed by atoms with Crippen molar-refractivity contribution in [1.82, 2.24) is 0 Å². The molecular weight excluding hydrogens is 192 g/mol. The molecular formula is C11H16O2Si. The Balaban J connectivity index is 2.43. The highest BCUT2D eigenvalue weighted by Gasteiger charge is 2.48. The Morgan fingerprint density at radius 1 is 1.43 bits per heavy atom. The number of hydrogen-bond donors (Lipinski definition) is 0. The molecule has 0 fully saturated rings. The predicted octanol–water partition coefficient (Wildman–Crippen LogP) is 2.83. The van der Waals surface area contributed by atoms with Gasteiger partial charge in [-0.3, -0.25) is 0 Å². The smallest absolute Gasteiger partial charge is 0.403 e. The molecule has 0 amide bonds. The fourth-order valence-corrected chi connectivity index (χ4v) is 4.89. The third-order valence-electron chi connectivity index (χ3n) is 3.05. The van der Waals surface area contributed by atoms with E-state index >= 15 is 0 Å². The number of hydrogen-bond acceptors (Lipinski definition) is 2. The summed E-state index contributed by atoms with van der Waals surface area (Å²) < 4.78 is 11.6. The van der Waals surface area contributed by atoms with Crippen LogP contribution in [0, 0.1) is 0 Å². The van der Waals surface area contributed by atoms with Gasteiger partial charge >= 0.3 is 8.56 Å². The Labute approximate surface area is 86.1 Å². The summed E-state index contributed by atoms with van der Waals surface area (Å²) in [6.45, 7) is 4.33. The van der Waals surface area contributed by atoms with Crippen LogP contribution in [-0.4, -0.2) is 15.7 Å². The zero-order chi connectivity index (χ0) is 10.2. The van der Waals surface area contributed by atoms with Gasteiger partial charge in [-0.05, 0) is 24.6 Å². The minimum absolute atomic E-state index is 0.476. The lowest BCUT2D eigenvalue weighted by Gasteiger charge is -2.24. The zero-order valence-electron chi connectivity index (χ0n) is 8.91. The van der Waals surface area contributed by atoms with Gasteiger partial charge in [0, 0.05) is 12.7 Å². The first-order chi connectivity index (χ1) is 6.71. The molecule has 76 valence electrons. The van der Waals surface area contributed by atoms with Gasteiger partial charge < -0.3 is 8.85 Å². The summed E-state index contributed by atoms with van der Waals surface area (Å²) >= 11 is 0. The van der Waals surface area contributed by atoms with E-state index in [1.165, 1.54) is 5.56 Å². The average Bonchev–Trinajstić information content (AvgIpc) is 2.50. The molecule has 3 heteroatoms. The monoisotopic (exact) mass is 208 g/mol. The van der Waals surface area contributed by atoms with Crippen molar-refractivity contribution in [1.29, 1.82) is 0 Å². The Bertz CT molecular complexity index is 340. The lowest BCUT2D eigenvalue weighted by atomic mass is 10.1. The standard InChI is InChI=1S/C11H16O2Si/c1-4-11-9-7-5-6-8-10(9)13-14(11,3)12-2/h5-8,11H,4H2,1-3H3. The molecule has 2 unspecified atom stereocenters. The summed E-state index contributed by atoms with van der Waals surface area (Å²) in [5.41, 5.74) is 1.80. The number of benzene rings is 1. The van der Waals surface area contributed by atoms with Crippen LogP contribution in [-0.2, 0) is 4.43 Å². The Hall–Kier alpha value is -0.803. The Kier molecular flexibility index (Phi) is 2.37. The van der Waals surface area contributed by atoms with E-state index in [0.717, 1.165) is 12.2 Å². The highest BCUT2D eigenvalue weighted by molar-refractivity contribution is 6.69. The molecule has 2 nitrogen and oxygen atoms in total. The van der Waals surface area contributed by atoms with Gasteiger partial charge in [-0.25, -0.2) is 0 Å². The lowest BCUT2D eigenvalue weighted by molar-refractivity contribution is 0.306. The van der Waals surface area contributed by atoms with Gasteiger partial charge in [-0.1, -0.05) is 25.1 Å². The summed E-state index contributed by atoms with van der Waals surface area (Å²) in [5, 5.41) is 0. The highest BCUT2D eigenvalue weighted by Crippen LogP contribution is 2.43. The molecule has 14 heavy (non-hydrogen) atoms. The fourth-order valence-electron chi connectivity index (χ4n) is 2.21. The first kappa shape index (κ1) is 9.74. The van der Waals surface area contributed by atoms with Crippen molar-refractivity contribution in [2.24, 2.45) is 0 Å². The normalized spacial score (nSPS) is 29.8. The number of fused-ring (bicyclic) bond motifs is 1. The van der Waals surface area contributed by atoms with Crippen molar-refractivity contribution < 1.29 is 8.85 Å². The van der Waals surface area contributed by atoms with Crippen LogP contribution in [0.15, 0.2) is 24.3 Å². The van der Waals surface area contributed by atoms with Crippen LogP contribution < -0.4 is 4.43 Å². The summed E-state index contributed by atoms with van der Waals surface area (Å²) in [6.07, 6.45) is 1.09. The van der Waals surface area contributed by atoms with Crippen LogP contribution in [0.5, 0.6) is 5.75 Å². The first-order valence-corrected chi connectivity index (χ1v) is 7.43. The summed E-state index contributed by atoms with van der Waals surface area (Å²) in [4.78, 5) is 0. The van der Waals surface area contributed by atoms with E-state index in [2.05, 4.69) is 25.6 Å². The van der Waals surface area contributed by atoms with Crippen LogP contribution in [0.3, 0.4) is 0 Å². The number of rotatable bonds is 2. The van der Waals surface area contributed by atoms with Gasteiger partial charge in [0.1, 0.15) is 5.75 Å². The van der Waals surface area contributed by atoms with Crippen molar-refractivity contribution in [3.63, 3.8) is 0 Å². The summed E-state index contributed by atoms with van der Waals surface area (Å²) in [5.74, 6) is 1.02. The first-order valence-electron chi connectivity index (χ1n) is 5.04. The van der Waals surface area contributed by atoms with E-state index in [-0.39, 0.29) is 0 Å². The van der Waals surface area contributed by atoms with E-state index in [1.807, 2.05) is 12.1 Å². The van der Waals surface area contributed by atoms with Crippen LogP contribution >= 0.6 is 0 Å². The van der Waals surface area contributed by atoms with Gasteiger partial charge in [0.2, 0.25) is 0 Å². The molecule has 1 aromatic carbocycles. The van der Waals surface area contributed by atoms with E-state index < -0.39 is 8.56 Å². The SMILES string of the molecule is CCC1c2ccccc2O[Si]1(C)OC. The molecule has 1 aliphatic heterocycles. The molecule has 0 spiro atoms. The molecule has 0 bridgehead atoms. The quantitative estimate of drug-likeness (QED) is 0.696. The largest absolute Gasteiger partial charge is 0.520 e. The lowest BCUT2D eigenvalue weighted by Crippen LogP contribution is -2.43. The van der Waals surface area contributed by atoms with E-state index in [4.69, 9.17) is 8.85 Å². The second kappa shape index (κ2) is 3.40. The van der Waals surface area contributed by atoms with Crippen molar-refractivity contribution in [3.05, 3.63) is 29.8 Å². The van der Waals surface area contributed by atoms with E-state index in [9.17, 15) is 0 Å². The van der Waals surface area contributed by atoms with Crippen LogP contribution in [0.4, 0.5) is 0 Å². The van der Waals surface area contributed by atoms with Gasteiger partial charge in [0.05, 0.1) is 0 Å². The van der Waals surface area contributed by atoms with E-state index in [1.54, 1.807) is 7.11 Å². The second-order valence-electron chi connectivity index (χ2n) is 3.82. The molecule has 0 N–H and O–H groups in total. The van der Waals surface area contributed by atoms with Crippen molar-refractivity contribution in [2.75, 3.05) is 7.11 Å². The third kappa shape index (κ3) is 1.28. The predicted molar refractivity (Wildman–Crippen MR) is 58.7 cm³/mol. The fraction of sp³-hybridized carbons (Fsp3) is 0.455. The number of para-hydroxylation sites is 1. The van der Waals surface area contributed by atoms with Gasteiger partial charge in [-0.15, -0.1) is 0 Å². The molecule has 1 aliphatic rings. The van der Waals surface area contributed by atoms with E-state index in [0.29, 0.717) is 5.54 Å². The average molecular weight is 208 g/mol. The third-order valence-corrected chi connectivity index (χ3v) is 6.47. The minimum atomic E-state index is -1.99. The molecule has 0 aromatic heterocycles. The Morgan fingerprint density at radius 3 is 2.79 bits per heavy atom. The molecule has 2 rings (SSSR count). The molecule has 1 aromatic rings. The molecule has 0 radical (unpaired) electrons. The summed E-state index contributed by atoms with van der Waals surface area (Å²) in [6, 6.07) is 8.28. The maximum absolute atomic E-state index is 5.96. The highest BCUT2D eigenvalue weighted by atomic mass is 28.4. The van der Waals surface area contributed by atoms with Gasteiger partial charge in [-0.2, -0.15) is 0 Å². The van der Waals surface area contributed by atoms with Crippen LogP contribution in [0.25, 0.3) is 0 Å². The van der Waals surface area contributed by atoms with Crippen LogP contribution in [0.2, 0.25) is 6.55 Å². The zero-order valence-corrected chi connectivity index (χ0v) is 9.91. The molecule has 1 heterocycles. The molecule has 0 saturated heterocycles. The summed E-state index contributed by atoms with van der Waals surface area (Å²) in [7, 11) is -0.230. The van der Waals surface area contributed by atoms with Crippen molar-refractivity contribution in [2.45, 2.75) is 25.4 Å². The van der Waals surface area contributed by atoms with Crippen molar-refractivity contribution >= 4 is 8.56 Å². The van der Waals surface area contributed by atoms with Crippen LogP contribution in [0.1, 0.15) is 24.4 Å². The Morgan fingerprint density at radius 2 is 2.14 bits per heavy atom. The topological polar surface area (TPSA) is 18.5 Å². The molecule has 0 saturated carbocycles. The molecule has 0 aliphatic carbocycles.